The van der Waals surface area contributed by atoms with Crippen molar-refractivity contribution in [2.45, 2.75) is 26.4 Å². The summed E-state index contributed by atoms with van der Waals surface area (Å²) in [6, 6.07) is 6.12. The lowest BCUT2D eigenvalue weighted by Gasteiger charge is -2.09. The quantitative estimate of drug-likeness (QED) is 0.812. The Kier molecular flexibility index (Phi) is 5.51. The maximum absolute atomic E-state index is 5.68. The van der Waals surface area contributed by atoms with Crippen molar-refractivity contribution in [1.82, 2.24) is 15.3 Å². The Balaban J connectivity index is 2.03. The molecule has 0 aliphatic carbocycles. The smallest absolute Gasteiger partial charge is 0.237 e. The monoisotopic (exact) mass is 399 g/mol. The average Bonchev–Trinajstić information content (AvgIpc) is 2.41. The maximum Gasteiger partial charge on any atom is 0.237 e. The zero-order valence-corrected chi connectivity index (χ0v) is 14.4. The first-order valence-corrected chi connectivity index (χ1v) is 7.80. The fourth-order valence-corrected chi connectivity index (χ4v) is 2.59. The van der Waals surface area contributed by atoms with Gasteiger partial charge in [0.1, 0.15) is 5.75 Å². The highest BCUT2D eigenvalue weighted by atomic mass is 79.9. The first-order chi connectivity index (χ1) is 9.54. The molecule has 4 nitrogen and oxygen atoms in total. The van der Waals surface area contributed by atoms with Crippen LogP contribution in [0.4, 0.5) is 0 Å². The number of nitrogens with one attached hydrogen (secondary N) is 1. The third kappa shape index (κ3) is 4.54. The van der Waals surface area contributed by atoms with Crippen molar-refractivity contribution in [2.75, 3.05) is 0 Å². The van der Waals surface area contributed by atoms with Crippen molar-refractivity contribution in [3.8, 4) is 11.6 Å². The van der Waals surface area contributed by atoms with Crippen molar-refractivity contribution < 1.29 is 4.74 Å². The molecule has 0 unspecified atom stereocenters. The van der Waals surface area contributed by atoms with E-state index < -0.39 is 0 Å². The second-order valence-corrected chi connectivity index (χ2v) is 6.33. The van der Waals surface area contributed by atoms with Crippen LogP contribution < -0.4 is 10.1 Å². The summed E-state index contributed by atoms with van der Waals surface area (Å²) in [6.45, 7) is 4.89. The molecule has 1 heterocycles. The predicted octanol–water partition coefficient (Wildman–Crippen LogP) is 4.29. The van der Waals surface area contributed by atoms with E-state index in [4.69, 9.17) is 4.74 Å². The Morgan fingerprint density at radius 2 is 2.00 bits per heavy atom. The number of hydrogen-bond acceptors (Lipinski definition) is 4. The minimum atomic E-state index is 0.423. The lowest BCUT2D eigenvalue weighted by atomic mass is 10.3. The summed E-state index contributed by atoms with van der Waals surface area (Å²) < 4.78 is 7.53. The maximum atomic E-state index is 5.68. The van der Waals surface area contributed by atoms with Crippen LogP contribution in [0.5, 0.6) is 11.6 Å². The van der Waals surface area contributed by atoms with Gasteiger partial charge in [0.15, 0.2) is 0 Å². The molecular weight excluding hydrogens is 386 g/mol. The van der Waals surface area contributed by atoms with Crippen molar-refractivity contribution in [1.29, 1.82) is 0 Å². The summed E-state index contributed by atoms with van der Waals surface area (Å²) in [5.74, 6) is 1.18. The first-order valence-electron chi connectivity index (χ1n) is 6.22. The van der Waals surface area contributed by atoms with Gasteiger partial charge < -0.3 is 10.1 Å². The lowest BCUT2D eigenvalue weighted by Crippen LogP contribution is -2.22. The van der Waals surface area contributed by atoms with Crippen LogP contribution in [0.2, 0.25) is 0 Å². The van der Waals surface area contributed by atoms with E-state index in [2.05, 4.69) is 61.0 Å². The Bertz CT molecular complexity index is 573. The van der Waals surface area contributed by atoms with E-state index in [1.165, 1.54) is 0 Å². The second-order valence-electron chi connectivity index (χ2n) is 4.56. The van der Waals surface area contributed by atoms with Crippen LogP contribution in [0, 0.1) is 0 Å². The molecular formula is C14H15Br2N3O. The van der Waals surface area contributed by atoms with Gasteiger partial charge in [0.05, 0.1) is 22.6 Å². The van der Waals surface area contributed by atoms with Crippen LogP contribution in [-0.2, 0) is 6.54 Å². The zero-order valence-electron chi connectivity index (χ0n) is 11.2. The Labute approximate surface area is 135 Å². The number of hydrogen-bond donors (Lipinski definition) is 1. The van der Waals surface area contributed by atoms with E-state index in [0.717, 1.165) is 14.6 Å². The molecule has 0 bridgehead atoms. The fourth-order valence-electron chi connectivity index (χ4n) is 1.47. The van der Waals surface area contributed by atoms with Crippen LogP contribution in [0.3, 0.4) is 0 Å². The predicted molar refractivity (Wildman–Crippen MR) is 85.9 cm³/mol. The number of benzene rings is 1. The molecule has 2 rings (SSSR count). The van der Waals surface area contributed by atoms with E-state index >= 15 is 0 Å². The van der Waals surface area contributed by atoms with E-state index in [1.54, 1.807) is 12.4 Å². The minimum Gasteiger partial charge on any atom is -0.436 e. The third-order valence-corrected chi connectivity index (χ3v) is 3.59. The Morgan fingerprint density at radius 3 is 2.60 bits per heavy atom. The average molecular weight is 401 g/mol. The summed E-state index contributed by atoms with van der Waals surface area (Å²) in [4.78, 5) is 8.58. The number of aromatic nitrogens is 2. The van der Waals surface area contributed by atoms with Gasteiger partial charge >= 0.3 is 0 Å². The highest BCUT2D eigenvalue weighted by Crippen LogP contribution is 2.30. The SMILES string of the molecule is CC(C)NCc1cnc(Oc2ccc(Br)cc2Br)cn1. The molecule has 1 aromatic heterocycles. The van der Waals surface area contributed by atoms with Gasteiger partial charge in [0.2, 0.25) is 5.88 Å². The first kappa shape index (κ1) is 15.4. The molecule has 0 atom stereocenters. The second kappa shape index (κ2) is 7.15. The molecule has 1 aromatic carbocycles. The summed E-state index contributed by atoms with van der Waals surface area (Å²) in [5, 5.41) is 3.29. The van der Waals surface area contributed by atoms with Crippen LogP contribution in [-0.4, -0.2) is 16.0 Å². The Morgan fingerprint density at radius 1 is 1.20 bits per heavy atom. The summed E-state index contributed by atoms with van der Waals surface area (Å²) in [7, 11) is 0. The van der Waals surface area contributed by atoms with Gasteiger partial charge in [0.25, 0.3) is 0 Å². The van der Waals surface area contributed by atoms with Crippen LogP contribution in [0.15, 0.2) is 39.5 Å². The Hall–Kier alpha value is -0.980. The molecule has 106 valence electrons. The van der Waals surface area contributed by atoms with E-state index in [-0.39, 0.29) is 0 Å². The summed E-state index contributed by atoms with van der Waals surface area (Å²) in [6.07, 6.45) is 3.35. The molecule has 0 fully saturated rings. The molecule has 0 aliphatic heterocycles. The normalized spacial score (nSPS) is 10.8. The van der Waals surface area contributed by atoms with Gasteiger partial charge in [-0.05, 0) is 34.1 Å². The molecule has 0 aliphatic rings. The molecule has 0 saturated heterocycles. The van der Waals surface area contributed by atoms with Crippen LogP contribution in [0.25, 0.3) is 0 Å². The van der Waals surface area contributed by atoms with Crippen molar-refractivity contribution >= 4 is 31.9 Å². The molecule has 20 heavy (non-hydrogen) atoms. The van der Waals surface area contributed by atoms with Gasteiger partial charge in [0, 0.05) is 17.1 Å². The zero-order chi connectivity index (χ0) is 14.5. The van der Waals surface area contributed by atoms with Gasteiger partial charge in [-0.15, -0.1) is 0 Å². The number of ether oxygens (including phenoxy) is 1. The van der Waals surface area contributed by atoms with Gasteiger partial charge in [-0.2, -0.15) is 0 Å². The number of rotatable bonds is 5. The lowest BCUT2D eigenvalue weighted by molar-refractivity contribution is 0.455. The molecule has 0 amide bonds. The molecule has 0 radical (unpaired) electrons. The van der Waals surface area contributed by atoms with Crippen LogP contribution >= 0.6 is 31.9 Å². The van der Waals surface area contributed by atoms with E-state index in [1.807, 2.05) is 18.2 Å². The van der Waals surface area contributed by atoms with Gasteiger partial charge in [-0.3, -0.25) is 4.98 Å². The third-order valence-electron chi connectivity index (χ3n) is 2.48. The van der Waals surface area contributed by atoms with Crippen LogP contribution in [0.1, 0.15) is 19.5 Å². The van der Waals surface area contributed by atoms with E-state index in [9.17, 15) is 0 Å². The number of halogens is 2. The van der Waals surface area contributed by atoms with Crippen molar-refractivity contribution in [3.05, 3.63) is 45.2 Å². The largest absolute Gasteiger partial charge is 0.436 e. The fraction of sp³-hybridized carbons (Fsp3) is 0.286. The van der Waals surface area contributed by atoms with Gasteiger partial charge in [-0.25, -0.2) is 4.98 Å². The highest BCUT2D eigenvalue weighted by Gasteiger charge is 2.05. The minimum absolute atomic E-state index is 0.423. The number of nitrogens with zero attached hydrogens (tertiary/aromatic N) is 2. The molecule has 2 aromatic rings. The molecule has 0 saturated carbocycles. The van der Waals surface area contributed by atoms with Gasteiger partial charge in [-0.1, -0.05) is 29.8 Å². The van der Waals surface area contributed by atoms with Crippen molar-refractivity contribution in [3.63, 3.8) is 0 Å². The summed E-state index contributed by atoms with van der Waals surface area (Å²) in [5.41, 5.74) is 0.890. The molecule has 0 spiro atoms. The topological polar surface area (TPSA) is 47.0 Å². The summed E-state index contributed by atoms with van der Waals surface area (Å²) >= 11 is 6.85. The highest BCUT2D eigenvalue weighted by molar-refractivity contribution is 9.11. The molecule has 6 heteroatoms. The van der Waals surface area contributed by atoms with E-state index in [0.29, 0.717) is 24.2 Å². The van der Waals surface area contributed by atoms with Crippen molar-refractivity contribution in [2.24, 2.45) is 0 Å². The molecule has 1 N–H and O–H groups in total. The standard InChI is InChI=1S/C14H15Br2N3O/c1-9(2)17-6-11-7-19-14(8-18-11)20-13-4-3-10(15)5-12(13)16/h3-5,7-9,17H,6H2,1-2H3.